The lowest BCUT2D eigenvalue weighted by Gasteiger charge is -2.19. The van der Waals surface area contributed by atoms with Crippen molar-refractivity contribution in [1.29, 1.82) is 0 Å². The molecule has 164 valence electrons. The van der Waals surface area contributed by atoms with E-state index < -0.39 is 0 Å². The summed E-state index contributed by atoms with van der Waals surface area (Å²) in [6, 6.07) is 11.1. The maximum absolute atomic E-state index is 12.2. The van der Waals surface area contributed by atoms with Crippen molar-refractivity contribution in [3.8, 4) is 0 Å². The third kappa shape index (κ3) is 7.03. The summed E-state index contributed by atoms with van der Waals surface area (Å²) in [5, 5.41) is 13.0. The Balaban J connectivity index is 1.59. The Morgan fingerprint density at radius 2 is 1.84 bits per heavy atom. The molecule has 10 heteroatoms. The first-order valence-electron chi connectivity index (χ1n) is 10.1. The van der Waals surface area contributed by atoms with Gasteiger partial charge in [-0.3, -0.25) is 9.89 Å². The minimum Gasteiger partial charge on any atom is -0.344 e. The number of benzene rings is 1. The van der Waals surface area contributed by atoms with Crippen LogP contribution in [0, 0.1) is 6.92 Å². The second-order valence-electron chi connectivity index (χ2n) is 7.58. The van der Waals surface area contributed by atoms with Crippen LogP contribution in [0.5, 0.6) is 0 Å². The van der Waals surface area contributed by atoms with Gasteiger partial charge in [0.05, 0.1) is 6.42 Å². The van der Waals surface area contributed by atoms with E-state index in [0.717, 1.165) is 25.2 Å². The van der Waals surface area contributed by atoms with Crippen LogP contribution in [-0.4, -0.2) is 70.2 Å². The predicted octanol–water partition coefficient (Wildman–Crippen LogP) is 2.22. The van der Waals surface area contributed by atoms with Gasteiger partial charge in [0, 0.05) is 31.0 Å². The van der Waals surface area contributed by atoms with Gasteiger partial charge in [-0.15, -0.1) is 0 Å². The number of rotatable bonds is 10. The molecule has 3 aromatic rings. The number of H-pyrrole nitrogens is 1. The SMILES string of the molecule is Cc1nc(Nc2cc(CC(=O)Nc3ccccc3)[nH]n2)nc(N(C)CCCN(C)C)n1. The van der Waals surface area contributed by atoms with E-state index in [1.807, 2.05) is 49.2 Å². The molecule has 0 unspecified atom stereocenters. The molecule has 3 N–H and O–H groups in total. The number of amides is 1. The first-order valence-corrected chi connectivity index (χ1v) is 10.1. The lowest BCUT2D eigenvalue weighted by Crippen LogP contribution is -2.25. The van der Waals surface area contributed by atoms with Crippen molar-refractivity contribution in [3.05, 3.63) is 47.9 Å². The molecule has 0 radical (unpaired) electrons. The van der Waals surface area contributed by atoms with Crippen LogP contribution < -0.4 is 15.5 Å². The van der Waals surface area contributed by atoms with Crippen LogP contribution in [0.3, 0.4) is 0 Å². The van der Waals surface area contributed by atoms with E-state index in [0.29, 0.717) is 29.2 Å². The molecule has 2 heterocycles. The Bertz CT molecular complexity index is 988. The van der Waals surface area contributed by atoms with Crippen molar-refractivity contribution in [2.24, 2.45) is 0 Å². The van der Waals surface area contributed by atoms with Crippen molar-refractivity contribution < 1.29 is 4.79 Å². The number of nitrogens with one attached hydrogen (secondary N) is 3. The molecule has 3 rings (SSSR count). The van der Waals surface area contributed by atoms with Gasteiger partial charge < -0.3 is 20.4 Å². The summed E-state index contributed by atoms with van der Waals surface area (Å²) in [6.07, 6.45) is 1.18. The summed E-state index contributed by atoms with van der Waals surface area (Å²) in [5.41, 5.74) is 1.44. The summed E-state index contributed by atoms with van der Waals surface area (Å²) in [4.78, 5) is 29.6. The normalized spacial score (nSPS) is 10.9. The highest BCUT2D eigenvalue weighted by Gasteiger charge is 2.12. The fourth-order valence-corrected chi connectivity index (χ4v) is 2.95. The summed E-state index contributed by atoms with van der Waals surface area (Å²) in [7, 11) is 6.07. The van der Waals surface area contributed by atoms with Gasteiger partial charge in [-0.2, -0.15) is 20.1 Å². The van der Waals surface area contributed by atoms with Gasteiger partial charge in [0.2, 0.25) is 17.8 Å². The van der Waals surface area contributed by atoms with E-state index in [1.54, 1.807) is 6.07 Å². The van der Waals surface area contributed by atoms with Crippen molar-refractivity contribution >= 4 is 29.3 Å². The zero-order valence-corrected chi connectivity index (χ0v) is 18.4. The predicted molar refractivity (Wildman–Crippen MR) is 122 cm³/mol. The van der Waals surface area contributed by atoms with Gasteiger partial charge in [-0.25, -0.2) is 0 Å². The molecule has 0 bridgehead atoms. The number of para-hydroxylation sites is 1. The third-order valence-corrected chi connectivity index (χ3v) is 4.46. The fourth-order valence-electron chi connectivity index (χ4n) is 2.95. The smallest absolute Gasteiger partial charge is 0.233 e. The van der Waals surface area contributed by atoms with E-state index in [-0.39, 0.29) is 12.3 Å². The Morgan fingerprint density at radius 3 is 2.58 bits per heavy atom. The zero-order valence-electron chi connectivity index (χ0n) is 18.4. The lowest BCUT2D eigenvalue weighted by atomic mass is 10.2. The zero-order chi connectivity index (χ0) is 22.2. The Labute approximate surface area is 182 Å². The number of aromatic amines is 1. The van der Waals surface area contributed by atoms with Gasteiger partial charge in [-0.05, 0) is 46.1 Å². The molecule has 0 aliphatic carbocycles. The molecule has 0 aliphatic heterocycles. The van der Waals surface area contributed by atoms with E-state index in [9.17, 15) is 4.79 Å². The highest BCUT2D eigenvalue weighted by Crippen LogP contribution is 2.15. The number of hydrogen-bond acceptors (Lipinski definition) is 8. The first kappa shape index (κ1) is 22.2. The molecule has 0 saturated carbocycles. The second kappa shape index (κ2) is 10.5. The van der Waals surface area contributed by atoms with Crippen LogP contribution in [0.4, 0.5) is 23.4 Å². The highest BCUT2D eigenvalue weighted by atomic mass is 16.1. The van der Waals surface area contributed by atoms with Gasteiger partial charge in [0.15, 0.2) is 5.82 Å². The van der Waals surface area contributed by atoms with Gasteiger partial charge >= 0.3 is 0 Å². The summed E-state index contributed by atoms with van der Waals surface area (Å²) in [6.45, 7) is 3.66. The van der Waals surface area contributed by atoms with E-state index in [2.05, 4.69) is 54.8 Å². The molecule has 0 aliphatic rings. The Hall–Kier alpha value is -3.53. The second-order valence-corrected chi connectivity index (χ2v) is 7.58. The van der Waals surface area contributed by atoms with Gasteiger partial charge in [0.25, 0.3) is 0 Å². The Morgan fingerprint density at radius 1 is 1.06 bits per heavy atom. The average molecular weight is 424 g/mol. The highest BCUT2D eigenvalue weighted by molar-refractivity contribution is 5.92. The molecule has 0 saturated heterocycles. The van der Waals surface area contributed by atoms with Gasteiger partial charge in [0.1, 0.15) is 5.82 Å². The number of carbonyl (C=O) groups excluding carboxylic acids is 1. The van der Waals surface area contributed by atoms with Crippen molar-refractivity contribution in [2.45, 2.75) is 19.8 Å². The summed E-state index contributed by atoms with van der Waals surface area (Å²) in [5.74, 6) is 2.04. The molecule has 2 aromatic heterocycles. The van der Waals surface area contributed by atoms with E-state index in [1.165, 1.54) is 0 Å². The molecular weight excluding hydrogens is 394 g/mol. The molecular formula is C21H29N9O. The number of nitrogens with zero attached hydrogens (tertiary/aromatic N) is 6. The van der Waals surface area contributed by atoms with Crippen LogP contribution in [0.1, 0.15) is 17.9 Å². The molecule has 0 fully saturated rings. The molecule has 1 amide bonds. The molecule has 1 aromatic carbocycles. The quantitative estimate of drug-likeness (QED) is 0.455. The molecule has 31 heavy (non-hydrogen) atoms. The van der Waals surface area contributed by atoms with Crippen LogP contribution in [0.15, 0.2) is 36.4 Å². The summed E-state index contributed by atoms with van der Waals surface area (Å²) < 4.78 is 0. The average Bonchev–Trinajstić information content (AvgIpc) is 3.14. The molecule has 0 spiro atoms. The number of anilines is 4. The van der Waals surface area contributed by atoms with Crippen LogP contribution in [0.2, 0.25) is 0 Å². The van der Waals surface area contributed by atoms with Crippen LogP contribution in [0.25, 0.3) is 0 Å². The minimum absolute atomic E-state index is 0.126. The van der Waals surface area contributed by atoms with E-state index >= 15 is 0 Å². The molecule has 10 nitrogen and oxygen atoms in total. The monoisotopic (exact) mass is 423 g/mol. The number of hydrogen-bond donors (Lipinski definition) is 3. The minimum atomic E-state index is -0.126. The van der Waals surface area contributed by atoms with Crippen molar-refractivity contribution in [2.75, 3.05) is 49.8 Å². The topological polar surface area (TPSA) is 115 Å². The summed E-state index contributed by atoms with van der Waals surface area (Å²) >= 11 is 0. The third-order valence-electron chi connectivity index (χ3n) is 4.46. The maximum atomic E-state index is 12.2. The van der Waals surface area contributed by atoms with Crippen LogP contribution >= 0.6 is 0 Å². The van der Waals surface area contributed by atoms with Crippen molar-refractivity contribution in [1.82, 2.24) is 30.0 Å². The number of aryl methyl sites for hydroxylation is 1. The maximum Gasteiger partial charge on any atom is 0.233 e. The molecule has 0 atom stereocenters. The standard InChI is InChI=1S/C21H29N9O/c1-15-22-20(26-21(23-15)30(4)12-8-11-29(2)3)25-18-13-17(27-28-18)14-19(31)24-16-9-6-5-7-10-16/h5-7,9-10,13H,8,11-12,14H2,1-4H3,(H,24,31)(H2,22,23,25,26,27,28). The Kier molecular flexibility index (Phi) is 7.50. The largest absolute Gasteiger partial charge is 0.344 e. The van der Waals surface area contributed by atoms with Crippen molar-refractivity contribution in [3.63, 3.8) is 0 Å². The van der Waals surface area contributed by atoms with Crippen LogP contribution in [-0.2, 0) is 11.2 Å². The fraction of sp³-hybridized carbons (Fsp3) is 0.381. The first-order chi connectivity index (χ1) is 14.9. The lowest BCUT2D eigenvalue weighted by molar-refractivity contribution is -0.115. The van der Waals surface area contributed by atoms with Gasteiger partial charge in [-0.1, -0.05) is 18.2 Å². The number of aromatic nitrogens is 5. The van der Waals surface area contributed by atoms with E-state index in [4.69, 9.17) is 0 Å². The number of carbonyl (C=O) groups is 1.